The average Bonchev–Trinajstić information content (AvgIpc) is 2.72. The van der Waals surface area contributed by atoms with Crippen LogP contribution in [0, 0.1) is 0 Å². The van der Waals surface area contributed by atoms with Gasteiger partial charge in [-0.25, -0.2) is 4.79 Å². The zero-order valence-corrected chi connectivity index (χ0v) is 12.0. The Bertz CT molecular complexity index is 545. The van der Waals surface area contributed by atoms with E-state index in [4.69, 9.17) is 0 Å². The molecule has 0 radical (unpaired) electrons. The quantitative estimate of drug-likeness (QED) is 0.873. The van der Waals surface area contributed by atoms with E-state index >= 15 is 0 Å². The SMILES string of the molecule is CC1(C(=O)O)CCCN1C(=O)c1ccc(Br)cc1O. The molecule has 1 heterocycles. The van der Waals surface area contributed by atoms with Crippen LogP contribution in [-0.2, 0) is 4.79 Å². The van der Waals surface area contributed by atoms with Gasteiger partial charge in [0, 0.05) is 11.0 Å². The van der Waals surface area contributed by atoms with Gasteiger partial charge in [0.25, 0.3) is 5.91 Å². The number of phenols is 1. The lowest BCUT2D eigenvalue weighted by Crippen LogP contribution is -2.50. The van der Waals surface area contributed by atoms with Gasteiger partial charge in [-0.2, -0.15) is 0 Å². The Kier molecular flexibility index (Phi) is 3.54. The number of benzene rings is 1. The highest BCUT2D eigenvalue weighted by Gasteiger charge is 2.46. The van der Waals surface area contributed by atoms with Crippen LogP contribution in [0.5, 0.6) is 5.75 Å². The van der Waals surface area contributed by atoms with Gasteiger partial charge in [-0.1, -0.05) is 15.9 Å². The molecule has 0 saturated carbocycles. The van der Waals surface area contributed by atoms with Crippen LogP contribution in [0.4, 0.5) is 0 Å². The molecule has 1 aromatic rings. The van der Waals surface area contributed by atoms with Gasteiger partial charge in [0.2, 0.25) is 0 Å². The molecule has 0 aromatic heterocycles. The third-order valence-corrected chi connectivity index (χ3v) is 4.03. The van der Waals surface area contributed by atoms with E-state index in [0.29, 0.717) is 23.9 Å². The number of likely N-dealkylation sites (tertiary alicyclic amines) is 1. The molecular formula is C13H14BrNO4. The summed E-state index contributed by atoms with van der Waals surface area (Å²) in [4.78, 5) is 25.0. The smallest absolute Gasteiger partial charge is 0.329 e. The number of hydrogen-bond donors (Lipinski definition) is 2. The van der Waals surface area contributed by atoms with E-state index in [9.17, 15) is 19.8 Å². The van der Waals surface area contributed by atoms with Crippen molar-refractivity contribution in [3.63, 3.8) is 0 Å². The van der Waals surface area contributed by atoms with Gasteiger partial charge in [0.1, 0.15) is 11.3 Å². The Morgan fingerprint density at radius 1 is 1.42 bits per heavy atom. The number of carboxylic acids is 1. The summed E-state index contributed by atoms with van der Waals surface area (Å²) in [5, 5.41) is 19.1. The lowest BCUT2D eigenvalue weighted by Gasteiger charge is -2.31. The molecule has 1 fully saturated rings. The number of phenolic OH excluding ortho intramolecular Hbond substituents is 1. The lowest BCUT2D eigenvalue weighted by atomic mass is 9.98. The molecule has 2 rings (SSSR count). The summed E-state index contributed by atoms with van der Waals surface area (Å²) in [5.74, 6) is -1.62. The molecule has 1 saturated heterocycles. The number of hydrogen-bond acceptors (Lipinski definition) is 3. The van der Waals surface area contributed by atoms with Gasteiger partial charge in [0.15, 0.2) is 0 Å². The van der Waals surface area contributed by atoms with Crippen molar-refractivity contribution in [2.75, 3.05) is 6.54 Å². The highest BCUT2D eigenvalue weighted by atomic mass is 79.9. The molecule has 1 unspecified atom stereocenters. The fourth-order valence-electron chi connectivity index (χ4n) is 2.34. The van der Waals surface area contributed by atoms with Crippen molar-refractivity contribution in [3.05, 3.63) is 28.2 Å². The number of carboxylic acid groups (broad SMARTS) is 1. The van der Waals surface area contributed by atoms with Gasteiger partial charge in [-0.3, -0.25) is 4.79 Å². The summed E-state index contributed by atoms with van der Waals surface area (Å²) in [6.07, 6.45) is 1.07. The maximum absolute atomic E-state index is 12.4. The van der Waals surface area contributed by atoms with Gasteiger partial charge < -0.3 is 15.1 Å². The molecule has 102 valence electrons. The number of amides is 1. The van der Waals surface area contributed by atoms with E-state index in [0.717, 1.165) is 0 Å². The molecule has 0 bridgehead atoms. The Hall–Kier alpha value is -1.56. The van der Waals surface area contributed by atoms with Crippen molar-refractivity contribution in [3.8, 4) is 5.75 Å². The maximum atomic E-state index is 12.4. The Labute approximate surface area is 119 Å². The average molecular weight is 328 g/mol. The molecule has 6 heteroatoms. The highest BCUT2D eigenvalue weighted by Crippen LogP contribution is 2.33. The van der Waals surface area contributed by atoms with Crippen LogP contribution >= 0.6 is 15.9 Å². The minimum atomic E-state index is -1.20. The number of nitrogens with zero attached hydrogens (tertiary/aromatic N) is 1. The van der Waals surface area contributed by atoms with Crippen LogP contribution in [0.15, 0.2) is 22.7 Å². The molecule has 2 N–H and O–H groups in total. The monoisotopic (exact) mass is 327 g/mol. The number of carbonyl (C=O) groups is 2. The molecule has 1 aliphatic rings. The van der Waals surface area contributed by atoms with Crippen molar-refractivity contribution < 1.29 is 19.8 Å². The third-order valence-electron chi connectivity index (χ3n) is 3.54. The number of carbonyl (C=O) groups excluding carboxylic acids is 1. The molecule has 1 aromatic carbocycles. The summed E-state index contributed by atoms with van der Waals surface area (Å²) in [6.45, 7) is 1.92. The molecule has 1 aliphatic heterocycles. The number of rotatable bonds is 2. The highest BCUT2D eigenvalue weighted by molar-refractivity contribution is 9.10. The molecular weight excluding hydrogens is 314 g/mol. The first-order valence-electron chi connectivity index (χ1n) is 5.90. The number of aromatic hydroxyl groups is 1. The van der Waals surface area contributed by atoms with Gasteiger partial charge in [0.05, 0.1) is 5.56 Å². The van der Waals surface area contributed by atoms with Crippen LogP contribution < -0.4 is 0 Å². The maximum Gasteiger partial charge on any atom is 0.329 e. The van der Waals surface area contributed by atoms with Crippen molar-refractivity contribution in [1.82, 2.24) is 4.90 Å². The molecule has 0 aliphatic carbocycles. The second-order valence-electron chi connectivity index (χ2n) is 4.80. The summed E-state index contributed by atoms with van der Waals surface area (Å²) in [5.41, 5.74) is -1.08. The first-order chi connectivity index (χ1) is 8.86. The fraction of sp³-hybridized carbons (Fsp3) is 0.385. The van der Waals surface area contributed by atoms with Crippen molar-refractivity contribution >= 4 is 27.8 Å². The molecule has 1 amide bonds. The predicted molar refractivity (Wildman–Crippen MR) is 72.1 cm³/mol. The standard InChI is InChI=1S/C13H14BrNO4/c1-13(12(18)19)5-2-6-15(13)11(17)9-4-3-8(14)7-10(9)16/h3-4,7,16H,2,5-6H2,1H3,(H,18,19). The Balaban J connectivity index is 2.36. The van der Waals surface area contributed by atoms with E-state index in [1.807, 2.05) is 0 Å². The third kappa shape index (κ3) is 2.32. The minimum absolute atomic E-state index is 0.123. The largest absolute Gasteiger partial charge is 0.507 e. The van der Waals surface area contributed by atoms with Gasteiger partial charge >= 0.3 is 5.97 Å². The van der Waals surface area contributed by atoms with Gasteiger partial charge in [-0.15, -0.1) is 0 Å². The first kappa shape index (κ1) is 13.9. The number of halogens is 1. The Morgan fingerprint density at radius 3 is 2.68 bits per heavy atom. The topological polar surface area (TPSA) is 77.8 Å². The van der Waals surface area contributed by atoms with E-state index in [2.05, 4.69) is 15.9 Å². The normalized spacial score (nSPS) is 22.5. The zero-order chi connectivity index (χ0) is 14.2. The molecule has 0 spiro atoms. The zero-order valence-electron chi connectivity index (χ0n) is 10.4. The van der Waals surface area contributed by atoms with Crippen LogP contribution in [0.1, 0.15) is 30.1 Å². The van der Waals surface area contributed by atoms with Crippen LogP contribution in [0.25, 0.3) is 0 Å². The summed E-state index contributed by atoms with van der Waals surface area (Å²) in [7, 11) is 0. The van der Waals surface area contributed by atoms with Crippen molar-refractivity contribution in [2.45, 2.75) is 25.3 Å². The van der Waals surface area contributed by atoms with Gasteiger partial charge in [-0.05, 0) is 38.0 Å². The van der Waals surface area contributed by atoms with E-state index in [1.54, 1.807) is 6.07 Å². The minimum Gasteiger partial charge on any atom is -0.507 e. The van der Waals surface area contributed by atoms with Crippen LogP contribution in [-0.4, -0.2) is 39.1 Å². The molecule has 19 heavy (non-hydrogen) atoms. The predicted octanol–water partition coefficient (Wildman–Crippen LogP) is 2.23. The van der Waals surface area contributed by atoms with Crippen molar-refractivity contribution in [2.24, 2.45) is 0 Å². The van der Waals surface area contributed by atoms with E-state index in [-0.39, 0.29) is 11.3 Å². The van der Waals surface area contributed by atoms with E-state index < -0.39 is 17.4 Å². The van der Waals surface area contributed by atoms with E-state index in [1.165, 1.54) is 24.0 Å². The number of aliphatic carboxylic acids is 1. The second kappa shape index (κ2) is 4.85. The van der Waals surface area contributed by atoms with Crippen molar-refractivity contribution in [1.29, 1.82) is 0 Å². The molecule has 5 nitrogen and oxygen atoms in total. The van der Waals surface area contributed by atoms with Crippen LogP contribution in [0.3, 0.4) is 0 Å². The van der Waals surface area contributed by atoms with Crippen LogP contribution in [0.2, 0.25) is 0 Å². The lowest BCUT2D eigenvalue weighted by molar-refractivity contribution is -0.147. The second-order valence-corrected chi connectivity index (χ2v) is 5.72. The molecule has 1 atom stereocenters. The summed E-state index contributed by atoms with van der Waals surface area (Å²) >= 11 is 3.20. The fourth-order valence-corrected chi connectivity index (χ4v) is 2.69. The summed E-state index contributed by atoms with van der Waals surface area (Å²) < 4.78 is 0.656. The Morgan fingerprint density at radius 2 is 2.11 bits per heavy atom. The first-order valence-corrected chi connectivity index (χ1v) is 6.69. The summed E-state index contributed by atoms with van der Waals surface area (Å²) in [6, 6.07) is 4.55.